The normalized spacial score (nSPS) is 18.2. The Bertz CT molecular complexity index is 1300. The first-order chi connectivity index (χ1) is 16.4. The number of aromatic nitrogens is 1. The predicted octanol–water partition coefficient (Wildman–Crippen LogP) is 8.03. The molecule has 0 atom stereocenters. The lowest BCUT2D eigenvalue weighted by molar-refractivity contribution is -0.122. The fourth-order valence-electron chi connectivity index (χ4n) is 4.84. The van der Waals surface area contributed by atoms with Gasteiger partial charge in [-0.2, -0.15) is 0 Å². The Labute approximate surface area is 221 Å². The van der Waals surface area contributed by atoms with Crippen molar-refractivity contribution in [1.82, 2.24) is 9.47 Å². The molecule has 176 valence electrons. The summed E-state index contributed by atoms with van der Waals surface area (Å²) in [5.41, 5.74) is 2.26. The van der Waals surface area contributed by atoms with Gasteiger partial charge >= 0.3 is 0 Å². The van der Waals surface area contributed by atoms with Crippen molar-refractivity contribution < 1.29 is 9.18 Å². The van der Waals surface area contributed by atoms with E-state index in [1.54, 1.807) is 17.0 Å². The number of benzene rings is 2. The molecule has 2 aromatic carbocycles. The third-order valence-electron chi connectivity index (χ3n) is 6.66. The monoisotopic (exact) mass is 576 g/mol. The van der Waals surface area contributed by atoms with E-state index in [0.29, 0.717) is 38.8 Å². The molecule has 1 aliphatic heterocycles. The zero-order valence-electron chi connectivity index (χ0n) is 18.4. The molecule has 3 aromatic rings. The summed E-state index contributed by atoms with van der Waals surface area (Å²) in [6.07, 6.45) is 9.96. The summed E-state index contributed by atoms with van der Waals surface area (Å²) < 4.78 is 18.0. The Morgan fingerprint density at radius 1 is 1.24 bits per heavy atom. The number of halogens is 3. The minimum absolute atomic E-state index is 0.0268. The fraction of sp³-hybridized carbons (Fsp3) is 0.308. The average Bonchev–Trinajstić information content (AvgIpc) is 3.50. The first-order valence-corrected chi connectivity index (χ1v) is 13.8. The van der Waals surface area contributed by atoms with E-state index < -0.39 is 0 Å². The summed E-state index contributed by atoms with van der Waals surface area (Å²) in [4.78, 5) is 15.6. The summed E-state index contributed by atoms with van der Waals surface area (Å²) >= 11 is 16.7. The standard InChI is InChI=1S/C26H23BrClFN2OS2/c27-18-8-9-23-19(13-18)17(14-30(23)15-20-21(28)6-3-7-22(20)29)12-24-25(32)31(26(33)34-24)11-10-16-4-1-2-5-16/h3,6-9,12-14,16H,1-2,4-5,10-11,15H2/b24-12-. The van der Waals surface area contributed by atoms with Crippen molar-refractivity contribution in [3.8, 4) is 0 Å². The van der Waals surface area contributed by atoms with Gasteiger partial charge in [0, 0.05) is 44.3 Å². The maximum Gasteiger partial charge on any atom is 0.266 e. The second-order valence-electron chi connectivity index (χ2n) is 8.85. The molecule has 34 heavy (non-hydrogen) atoms. The zero-order chi connectivity index (χ0) is 23.8. The molecule has 8 heteroatoms. The van der Waals surface area contributed by atoms with Gasteiger partial charge in [0.15, 0.2) is 0 Å². The van der Waals surface area contributed by atoms with Crippen LogP contribution in [0.3, 0.4) is 0 Å². The zero-order valence-corrected chi connectivity index (χ0v) is 22.4. The summed E-state index contributed by atoms with van der Waals surface area (Å²) in [6.45, 7) is 0.978. The van der Waals surface area contributed by atoms with Crippen LogP contribution in [-0.2, 0) is 11.3 Å². The molecule has 5 rings (SSSR count). The van der Waals surface area contributed by atoms with Gasteiger partial charge in [0.25, 0.3) is 5.91 Å². The van der Waals surface area contributed by atoms with E-state index in [1.165, 1.54) is 43.5 Å². The molecule has 0 spiro atoms. The average molecular weight is 578 g/mol. The SMILES string of the molecule is O=C1/C(=C/c2cn(Cc3c(F)cccc3Cl)c3ccc(Br)cc23)SC(=S)N1CCC1CCCC1. The molecule has 1 aliphatic carbocycles. The fourth-order valence-corrected chi connectivity index (χ4v) is 6.72. The third-order valence-corrected chi connectivity index (χ3v) is 8.89. The number of nitrogens with zero attached hydrogens (tertiary/aromatic N) is 2. The maximum atomic E-state index is 14.5. The molecular weight excluding hydrogens is 555 g/mol. The number of carbonyl (C=O) groups excluding carboxylic acids is 1. The largest absolute Gasteiger partial charge is 0.342 e. The molecule has 1 saturated heterocycles. The molecule has 0 radical (unpaired) electrons. The van der Waals surface area contributed by atoms with Gasteiger partial charge in [0.05, 0.1) is 11.4 Å². The number of amides is 1. The third kappa shape index (κ3) is 4.85. The second-order valence-corrected chi connectivity index (χ2v) is 11.8. The number of fused-ring (bicyclic) bond motifs is 1. The molecule has 1 aromatic heterocycles. The van der Waals surface area contributed by atoms with Crippen LogP contribution < -0.4 is 0 Å². The summed E-state index contributed by atoms with van der Waals surface area (Å²) in [6, 6.07) is 10.7. The highest BCUT2D eigenvalue weighted by Crippen LogP contribution is 2.37. The Balaban J connectivity index is 1.46. The summed E-state index contributed by atoms with van der Waals surface area (Å²) in [5.74, 6) is 0.339. The lowest BCUT2D eigenvalue weighted by atomic mass is 10.0. The van der Waals surface area contributed by atoms with Gasteiger partial charge in [0.2, 0.25) is 0 Å². The van der Waals surface area contributed by atoms with E-state index in [0.717, 1.165) is 27.4 Å². The van der Waals surface area contributed by atoms with Crippen LogP contribution in [0.2, 0.25) is 5.02 Å². The number of thiocarbonyl (C=S) groups is 1. The van der Waals surface area contributed by atoms with Gasteiger partial charge in [-0.25, -0.2) is 4.39 Å². The molecule has 2 heterocycles. The highest BCUT2D eigenvalue weighted by Gasteiger charge is 2.32. The summed E-state index contributed by atoms with van der Waals surface area (Å²) in [5, 5.41) is 1.36. The number of hydrogen-bond acceptors (Lipinski definition) is 3. The number of rotatable bonds is 6. The Hall–Kier alpha value is -1.67. The van der Waals surface area contributed by atoms with Crippen molar-refractivity contribution in [1.29, 1.82) is 0 Å². The lowest BCUT2D eigenvalue weighted by Crippen LogP contribution is -2.30. The molecule has 3 nitrogen and oxygen atoms in total. The van der Waals surface area contributed by atoms with E-state index >= 15 is 0 Å². The van der Waals surface area contributed by atoms with Gasteiger partial charge in [-0.3, -0.25) is 9.69 Å². The minimum atomic E-state index is -0.337. The van der Waals surface area contributed by atoms with Crippen molar-refractivity contribution in [2.45, 2.75) is 38.6 Å². The van der Waals surface area contributed by atoms with Crippen LogP contribution in [0, 0.1) is 11.7 Å². The topological polar surface area (TPSA) is 25.2 Å². The van der Waals surface area contributed by atoms with Crippen LogP contribution in [-0.4, -0.2) is 26.2 Å². The van der Waals surface area contributed by atoms with E-state index in [2.05, 4.69) is 15.9 Å². The van der Waals surface area contributed by atoms with Gasteiger partial charge in [-0.1, -0.05) is 83.3 Å². The van der Waals surface area contributed by atoms with Crippen molar-refractivity contribution in [3.05, 3.63) is 73.9 Å². The van der Waals surface area contributed by atoms with E-state index in [9.17, 15) is 9.18 Å². The van der Waals surface area contributed by atoms with Crippen molar-refractivity contribution >= 4 is 78.7 Å². The molecule has 0 N–H and O–H groups in total. The Morgan fingerprint density at radius 2 is 2.03 bits per heavy atom. The Morgan fingerprint density at radius 3 is 2.79 bits per heavy atom. The van der Waals surface area contributed by atoms with Crippen LogP contribution in [0.5, 0.6) is 0 Å². The van der Waals surface area contributed by atoms with Crippen LogP contribution in [0.25, 0.3) is 17.0 Å². The Kier molecular flexibility index (Phi) is 7.17. The first kappa shape index (κ1) is 24.0. The second kappa shape index (κ2) is 10.1. The number of hydrogen-bond donors (Lipinski definition) is 0. The van der Waals surface area contributed by atoms with Crippen molar-refractivity contribution in [2.75, 3.05) is 6.54 Å². The smallest absolute Gasteiger partial charge is 0.266 e. The van der Waals surface area contributed by atoms with Crippen LogP contribution in [0.1, 0.15) is 43.2 Å². The van der Waals surface area contributed by atoms with Gasteiger partial charge in [0.1, 0.15) is 10.1 Å². The molecule has 2 fully saturated rings. The molecular formula is C26H23BrClFN2OS2. The van der Waals surface area contributed by atoms with Crippen LogP contribution >= 0.6 is 51.5 Å². The quantitative estimate of drug-likeness (QED) is 0.219. The molecule has 1 amide bonds. The minimum Gasteiger partial charge on any atom is -0.342 e. The van der Waals surface area contributed by atoms with Gasteiger partial charge in [-0.05, 0) is 48.7 Å². The van der Waals surface area contributed by atoms with Crippen LogP contribution in [0.15, 0.2) is 52.0 Å². The highest BCUT2D eigenvalue weighted by molar-refractivity contribution is 9.10. The predicted molar refractivity (Wildman–Crippen MR) is 147 cm³/mol. The van der Waals surface area contributed by atoms with Crippen molar-refractivity contribution in [2.24, 2.45) is 5.92 Å². The van der Waals surface area contributed by atoms with E-state index in [4.69, 9.17) is 23.8 Å². The maximum absolute atomic E-state index is 14.5. The van der Waals surface area contributed by atoms with Crippen molar-refractivity contribution in [3.63, 3.8) is 0 Å². The number of thioether (sulfide) groups is 1. The first-order valence-electron chi connectivity index (χ1n) is 11.4. The van der Waals surface area contributed by atoms with E-state index in [1.807, 2.05) is 35.0 Å². The van der Waals surface area contributed by atoms with E-state index in [-0.39, 0.29) is 11.7 Å². The molecule has 0 bridgehead atoms. The molecule has 0 unspecified atom stereocenters. The lowest BCUT2D eigenvalue weighted by Gasteiger charge is -2.17. The molecule has 2 aliphatic rings. The van der Waals surface area contributed by atoms with Crippen LogP contribution in [0.4, 0.5) is 4.39 Å². The van der Waals surface area contributed by atoms with Gasteiger partial charge < -0.3 is 4.57 Å². The molecule has 1 saturated carbocycles. The highest BCUT2D eigenvalue weighted by atomic mass is 79.9. The summed E-state index contributed by atoms with van der Waals surface area (Å²) in [7, 11) is 0. The van der Waals surface area contributed by atoms with Gasteiger partial charge in [-0.15, -0.1) is 0 Å². The number of carbonyl (C=O) groups is 1.